The Hall–Kier alpha value is -1.18. The first-order chi connectivity index (χ1) is 10.0. The normalized spacial score (nSPS) is 15.5. The summed E-state index contributed by atoms with van der Waals surface area (Å²) in [4.78, 5) is 25.7. The SMILES string of the molecule is CCNCC1CCN(C(=O)c2cc([N+](=O)[O-])c(C)s2)CC1.Cl. The number of halogens is 1. The molecular formula is C14H22ClN3O3S. The highest BCUT2D eigenvalue weighted by Gasteiger charge is 2.26. The van der Waals surface area contributed by atoms with Gasteiger partial charge >= 0.3 is 0 Å². The molecule has 124 valence electrons. The Morgan fingerprint density at radius 2 is 2.14 bits per heavy atom. The summed E-state index contributed by atoms with van der Waals surface area (Å²) in [6, 6.07) is 1.41. The molecular weight excluding hydrogens is 326 g/mol. The topological polar surface area (TPSA) is 75.5 Å². The third-order valence-electron chi connectivity index (χ3n) is 3.88. The van der Waals surface area contributed by atoms with Gasteiger partial charge in [0.2, 0.25) is 0 Å². The zero-order valence-electron chi connectivity index (χ0n) is 12.8. The Morgan fingerprint density at radius 3 is 2.64 bits per heavy atom. The number of nitro groups is 1. The van der Waals surface area contributed by atoms with Gasteiger partial charge in [-0.25, -0.2) is 0 Å². The summed E-state index contributed by atoms with van der Waals surface area (Å²) in [6.07, 6.45) is 1.98. The number of hydrogen-bond donors (Lipinski definition) is 1. The van der Waals surface area contributed by atoms with Crippen molar-refractivity contribution in [3.63, 3.8) is 0 Å². The Bertz CT molecular complexity index is 527. The van der Waals surface area contributed by atoms with Gasteiger partial charge in [0, 0.05) is 19.2 Å². The van der Waals surface area contributed by atoms with Crippen LogP contribution in [0.2, 0.25) is 0 Å². The standard InChI is InChI=1S/C14H21N3O3S.ClH/c1-3-15-9-11-4-6-16(7-5-11)14(18)13-8-12(17(19)20)10(2)21-13;/h8,11,15H,3-7,9H2,1-2H3;1H. The fourth-order valence-corrected chi connectivity index (χ4v) is 3.56. The van der Waals surface area contributed by atoms with Crippen LogP contribution in [0.5, 0.6) is 0 Å². The van der Waals surface area contributed by atoms with Crippen LogP contribution < -0.4 is 5.32 Å². The maximum atomic E-state index is 12.4. The van der Waals surface area contributed by atoms with Crippen LogP contribution in [0.3, 0.4) is 0 Å². The van der Waals surface area contributed by atoms with Crippen LogP contribution in [0.15, 0.2) is 6.07 Å². The molecule has 0 spiro atoms. The van der Waals surface area contributed by atoms with Crippen LogP contribution in [0.4, 0.5) is 5.69 Å². The minimum absolute atomic E-state index is 0. The minimum Gasteiger partial charge on any atom is -0.338 e. The summed E-state index contributed by atoms with van der Waals surface area (Å²) < 4.78 is 0. The zero-order chi connectivity index (χ0) is 15.4. The van der Waals surface area contributed by atoms with Gasteiger partial charge in [0.15, 0.2) is 0 Å². The summed E-state index contributed by atoms with van der Waals surface area (Å²) in [7, 11) is 0. The molecule has 22 heavy (non-hydrogen) atoms. The fourth-order valence-electron chi connectivity index (χ4n) is 2.60. The molecule has 2 rings (SSSR count). The average molecular weight is 348 g/mol. The van der Waals surface area contributed by atoms with Crippen molar-refractivity contribution in [2.24, 2.45) is 5.92 Å². The van der Waals surface area contributed by atoms with Crippen molar-refractivity contribution in [1.82, 2.24) is 10.2 Å². The van der Waals surface area contributed by atoms with Gasteiger partial charge in [-0.2, -0.15) is 0 Å². The molecule has 0 aromatic carbocycles. The third-order valence-corrected chi connectivity index (χ3v) is 4.91. The van der Waals surface area contributed by atoms with Crippen LogP contribution in [-0.2, 0) is 0 Å². The second-order valence-corrected chi connectivity index (χ2v) is 6.61. The van der Waals surface area contributed by atoms with E-state index in [4.69, 9.17) is 0 Å². The Balaban J connectivity index is 0.00000242. The summed E-state index contributed by atoms with van der Waals surface area (Å²) in [5.41, 5.74) is 0.0466. The average Bonchev–Trinajstić information content (AvgIpc) is 2.87. The van der Waals surface area contributed by atoms with Gasteiger partial charge in [0.05, 0.1) is 14.7 Å². The summed E-state index contributed by atoms with van der Waals surface area (Å²) in [5.74, 6) is 0.548. The number of nitrogens with one attached hydrogen (secondary N) is 1. The highest BCUT2D eigenvalue weighted by atomic mass is 35.5. The number of aryl methyl sites for hydroxylation is 1. The second-order valence-electron chi connectivity index (χ2n) is 5.35. The molecule has 2 heterocycles. The molecule has 1 amide bonds. The lowest BCUT2D eigenvalue weighted by molar-refractivity contribution is -0.385. The highest BCUT2D eigenvalue weighted by Crippen LogP contribution is 2.30. The first-order valence-corrected chi connectivity index (χ1v) is 8.09. The van der Waals surface area contributed by atoms with Gasteiger partial charge in [0.1, 0.15) is 0 Å². The summed E-state index contributed by atoms with van der Waals surface area (Å²) in [5, 5.41) is 14.2. The van der Waals surface area contributed by atoms with Gasteiger partial charge in [-0.15, -0.1) is 23.7 Å². The molecule has 1 fully saturated rings. The molecule has 1 N–H and O–H groups in total. The predicted molar refractivity (Wildman–Crippen MR) is 90.1 cm³/mol. The molecule has 0 unspecified atom stereocenters. The number of nitrogens with zero attached hydrogens (tertiary/aromatic N) is 2. The van der Waals surface area contributed by atoms with Gasteiger partial charge in [-0.05, 0) is 38.8 Å². The smallest absolute Gasteiger partial charge is 0.283 e. The van der Waals surface area contributed by atoms with E-state index in [1.807, 2.05) is 4.90 Å². The Morgan fingerprint density at radius 1 is 1.50 bits per heavy atom. The predicted octanol–water partition coefficient (Wildman–Crippen LogP) is 2.85. The first kappa shape index (κ1) is 18.9. The van der Waals surface area contributed by atoms with E-state index >= 15 is 0 Å². The first-order valence-electron chi connectivity index (χ1n) is 7.27. The second kappa shape index (κ2) is 8.45. The van der Waals surface area contributed by atoms with E-state index in [0.29, 0.717) is 15.7 Å². The van der Waals surface area contributed by atoms with E-state index in [1.54, 1.807) is 6.92 Å². The van der Waals surface area contributed by atoms with Crippen molar-refractivity contribution in [3.8, 4) is 0 Å². The molecule has 0 atom stereocenters. The molecule has 1 aliphatic heterocycles. The van der Waals surface area contributed by atoms with Crippen LogP contribution in [0, 0.1) is 23.0 Å². The van der Waals surface area contributed by atoms with Gasteiger partial charge < -0.3 is 10.2 Å². The number of piperidine rings is 1. The Labute approximate surface area is 140 Å². The quantitative estimate of drug-likeness (QED) is 0.656. The molecule has 0 aliphatic carbocycles. The van der Waals surface area contributed by atoms with Crippen molar-refractivity contribution in [3.05, 3.63) is 25.9 Å². The third kappa shape index (κ3) is 4.41. The largest absolute Gasteiger partial charge is 0.338 e. The lowest BCUT2D eigenvalue weighted by Gasteiger charge is -2.31. The van der Waals surface area contributed by atoms with Gasteiger partial charge in [0.25, 0.3) is 11.6 Å². The summed E-state index contributed by atoms with van der Waals surface area (Å²) in [6.45, 7) is 7.21. The molecule has 6 nitrogen and oxygen atoms in total. The fraction of sp³-hybridized carbons (Fsp3) is 0.643. The number of carbonyl (C=O) groups is 1. The molecule has 0 radical (unpaired) electrons. The van der Waals surface area contributed by atoms with Gasteiger partial charge in [-0.1, -0.05) is 6.92 Å². The number of hydrogen-bond acceptors (Lipinski definition) is 5. The van der Waals surface area contributed by atoms with Crippen LogP contribution in [-0.4, -0.2) is 41.9 Å². The number of likely N-dealkylation sites (tertiary alicyclic amines) is 1. The minimum atomic E-state index is -0.425. The molecule has 0 saturated carbocycles. The maximum Gasteiger partial charge on any atom is 0.283 e. The molecule has 1 saturated heterocycles. The lowest BCUT2D eigenvalue weighted by atomic mass is 9.96. The van der Waals surface area contributed by atoms with E-state index in [0.717, 1.165) is 39.0 Å². The number of carbonyl (C=O) groups excluding carboxylic acids is 1. The van der Waals surface area contributed by atoms with Crippen molar-refractivity contribution in [2.75, 3.05) is 26.2 Å². The Kier molecular flexibility index (Phi) is 7.25. The van der Waals surface area contributed by atoms with Crippen LogP contribution in [0.1, 0.15) is 34.3 Å². The maximum absolute atomic E-state index is 12.4. The highest BCUT2D eigenvalue weighted by molar-refractivity contribution is 7.14. The molecule has 0 bridgehead atoms. The lowest BCUT2D eigenvalue weighted by Crippen LogP contribution is -2.40. The number of thiophene rings is 1. The monoisotopic (exact) mass is 347 g/mol. The number of rotatable bonds is 5. The van der Waals surface area contributed by atoms with E-state index in [9.17, 15) is 14.9 Å². The van der Waals surface area contributed by atoms with Crippen molar-refractivity contribution < 1.29 is 9.72 Å². The van der Waals surface area contributed by atoms with E-state index < -0.39 is 4.92 Å². The van der Waals surface area contributed by atoms with Crippen molar-refractivity contribution >= 4 is 35.3 Å². The molecule has 1 aromatic heterocycles. The van der Waals surface area contributed by atoms with E-state index in [1.165, 1.54) is 17.4 Å². The van der Waals surface area contributed by atoms with Crippen LogP contribution >= 0.6 is 23.7 Å². The van der Waals surface area contributed by atoms with Crippen LogP contribution in [0.25, 0.3) is 0 Å². The van der Waals surface area contributed by atoms with Crippen molar-refractivity contribution in [2.45, 2.75) is 26.7 Å². The van der Waals surface area contributed by atoms with Gasteiger partial charge in [-0.3, -0.25) is 14.9 Å². The molecule has 1 aromatic rings. The molecule has 8 heteroatoms. The number of amides is 1. The van der Waals surface area contributed by atoms with E-state index in [2.05, 4.69) is 12.2 Å². The zero-order valence-corrected chi connectivity index (χ0v) is 14.5. The van der Waals surface area contributed by atoms with E-state index in [-0.39, 0.29) is 24.0 Å². The molecule has 1 aliphatic rings. The van der Waals surface area contributed by atoms with Crippen molar-refractivity contribution in [1.29, 1.82) is 0 Å². The summed E-state index contributed by atoms with van der Waals surface area (Å²) >= 11 is 1.21.